The first-order valence-electron chi connectivity index (χ1n) is 6.31. The lowest BCUT2D eigenvalue weighted by atomic mass is 10.1. The molecule has 2 aromatic carbocycles. The number of benzene rings is 2. The van der Waals surface area contributed by atoms with Crippen LogP contribution in [-0.4, -0.2) is 18.2 Å². The van der Waals surface area contributed by atoms with Crippen LogP contribution < -0.4 is 9.47 Å². The molecule has 110 valence electrons. The van der Waals surface area contributed by atoms with Gasteiger partial charge in [0, 0.05) is 10.0 Å². The number of carboxylic acid groups (broad SMARTS) is 1. The quantitative estimate of drug-likeness (QED) is 0.883. The van der Waals surface area contributed by atoms with Crippen molar-refractivity contribution in [3.05, 3.63) is 57.6 Å². The first-order valence-corrected chi connectivity index (χ1v) is 7.10. The average Bonchev–Trinajstić information content (AvgIpc) is 2.45. The Morgan fingerprint density at radius 3 is 2.71 bits per heavy atom. The molecule has 0 fully saturated rings. The molecule has 0 heterocycles. The standard InChI is InChI=1S/C16H15BrO4/c1-10-4-3-5-13(16(18)19)15(10)21-9-11-8-12(17)6-7-14(11)20-2/h3-8H,9H2,1-2H3,(H,18,19). The molecule has 0 aliphatic heterocycles. The molecule has 1 N–H and O–H groups in total. The van der Waals surface area contributed by atoms with Crippen molar-refractivity contribution in [2.45, 2.75) is 13.5 Å². The molecule has 0 amide bonds. The Morgan fingerprint density at radius 1 is 1.29 bits per heavy atom. The third kappa shape index (κ3) is 3.55. The smallest absolute Gasteiger partial charge is 0.339 e. The average molecular weight is 351 g/mol. The van der Waals surface area contributed by atoms with Crippen LogP contribution in [0.5, 0.6) is 11.5 Å². The molecule has 0 atom stereocenters. The van der Waals surface area contributed by atoms with E-state index in [-0.39, 0.29) is 12.2 Å². The summed E-state index contributed by atoms with van der Waals surface area (Å²) in [5, 5.41) is 9.22. The summed E-state index contributed by atoms with van der Waals surface area (Å²) in [7, 11) is 1.59. The van der Waals surface area contributed by atoms with E-state index in [9.17, 15) is 9.90 Å². The maximum atomic E-state index is 11.3. The SMILES string of the molecule is COc1ccc(Br)cc1COc1c(C)cccc1C(=O)O. The van der Waals surface area contributed by atoms with Crippen LogP contribution in [0.1, 0.15) is 21.5 Å². The molecular weight excluding hydrogens is 336 g/mol. The minimum atomic E-state index is -1.00. The van der Waals surface area contributed by atoms with Gasteiger partial charge in [-0.05, 0) is 36.8 Å². The van der Waals surface area contributed by atoms with Gasteiger partial charge in [-0.15, -0.1) is 0 Å². The van der Waals surface area contributed by atoms with Crippen LogP contribution in [-0.2, 0) is 6.61 Å². The number of carboxylic acids is 1. The lowest BCUT2D eigenvalue weighted by Gasteiger charge is -2.14. The van der Waals surface area contributed by atoms with Gasteiger partial charge >= 0.3 is 5.97 Å². The molecule has 0 saturated carbocycles. The highest BCUT2D eigenvalue weighted by molar-refractivity contribution is 9.10. The second kappa shape index (κ2) is 6.63. The maximum Gasteiger partial charge on any atom is 0.339 e. The molecule has 0 saturated heterocycles. The Hall–Kier alpha value is -2.01. The zero-order valence-corrected chi connectivity index (χ0v) is 13.3. The Kier molecular flexibility index (Phi) is 4.85. The second-order valence-corrected chi connectivity index (χ2v) is 5.42. The summed E-state index contributed by atoms with van der Waals surface area (Å²) < 4.78 is 11.9. The monoisotopic (exact) mass is 350 g/mol. The third-order valence-corrected chi connectivity index (χ3v) is 3.55. The van der Waals surface area contributed by atoms with Crippen molar-refractivity contribution in [1.29, 1.82) is 0 Å². The number of hydrogen-bond acceptors (Lipinski definition) is 3. The minimum absolute atomic E-state index is 0.156. The van der Waals surface area contributed by atoms with Gasteiger partial charge in [0.05, 0.1) is 7.11 Å². The molecule has 2 rings (SSSR count). The Balaban J connectivity index is 2.28. The summed E-state index contributed by atoms with van der Waals surface area (Å²) in [5.41, 5.74) is 1.78. The summed E-state index contributed by atoms with van der Waals surface area (Å²) in [4.78, 5) is 11.3. The fourth-order valence-corrected chi connectivity index (χ4v) is 2.43. The first kappa shape index (κ1) is 15.4. The zero-order chi connectivity index (χ0) is 15.4. The van der Waals surface area contributed by atoms with Gasteiger partial charge < -0.3 is 14.6 Å². The predicted octanol–water partition coefficient (Wildman–Crippen LogP) is 4.04. The van der Waals surface area contributed by atoms with Gasteiger partial charge in [-0.25, -0.2) is 4.79 Å². The number of ether oxygens (including phenoxy) is 2. The molecule has 2 aromatic rings. The summed E-state index contributed by atoms with van der Waals surface area (Å²) in [6, 6.07) is 10.6. The summed E-state index contributed by atoms with van der Waals surface area (Å²) in [6.07, 6.45) is 0. The minimum Gasteiger partial charge on any atom is -0.496 e. The molecule has 0 aromatic heterocycles. The van der Waals surface area contributed by atoms with Crippen molar-refractivity contribution in [3.8, 4) is 11.5 Å². The molecule has 0 aliphatic rings. The molecule has 0 unspecified atom stereocenters. The molecule has 21 heavy (non-hydrogen) atoms. The van der Waals surface area contributed by atoms with E-state index in [4.69, 9.17) is 9.47 Å². The largest absolute Gasteiger partial charge is 0.496 e. The maximum absolute atomic E-state index is 11.3. The summed E-state index contributed by atoms with van der Waals surface area (Å²) in [5.74, 6) is 0.0746. The lowest BCUT2D eigenvalue weighted by molar-refractivity contribution is 0.0691. The number of halogens is 1. The fourth-order valence-electron chi connectivity index (χ4n) is 2.02. The zero-order valence-electron chi connectivity index (χ0n) is 11.7. The predicted molar refractivity (Wildman–Crippen MR) is 83.2 cm³/mol. The van der Waals surface area contributed by atoms with Crippen molar-refractivity contribution in [2.75, 3.05) is 7.11 Å². The van der Waals surface area contributed by atoms with Gasteiger partial charge in [-0.3, -0.25) is 0 Å². The highest BCUT2D eigenvalue weighted by Gasteiger charge is 2.14. The van der Waals surface area contributed by atoms with Gasteiger partial charge in [0.25, 0.3) is 0 Å². The Bertz CT molecular complexity index is 667. The lowest BCUT2D eigenvalue weighted by Crippen LogP contribution is -2.05. The van der Waals surface area contributed by atoms with Crippen LogP contribution in [0.4, 0.5) is 0 Å². The van der Waals surface area contributed by atoms with Gasteiger partial charge in [0.2, 0.25) is 0 Å². The number of aryl methyl sites for hydroxylation is 1. The highest BCUT2D eigenvalue weighted by Crippen LogP contribution is 2.28. The highest BCUT2D eigenvalue weighted by atomic mass is 79.9. The molecule has 5 heteroatoms. The van der Waals surface area contributed by atoms with E-state index in [1.54, 1.807) is 13.2 Å². The fraction of sp³-hybridized carbons (Fsp3) is 0.188. The number of para-hydroxylation sites is 1. The van der Waals surface area contributed by atoms with E-state index in [0.717, 1.165) is 15.6 Å². The Labute approximate surface area is 131 Å². The molecule has 0 bridgehead atoms. The van der Waals surface area contributed by atoms with E-state index in [1.807, 2.05) is 31.2 Å². The molecule has 0 radical (unpaired) electrons. The van der Waals surface area contributed by atoms with Crippen LogP contribution in [0.25, 0.3) is 0 Å². The van der Waals surface area contributed by atoms with Crippen molar-refractivity contribution in [3.63, 3.8) is 0 Å². The van der Waals surface area contributed by atoms with Crippen LogP contribution in [0, 0.1) is 6.92 Å². The van der Waals surface area contributed by atoms with E-state index >= 15 is 0 Å². The number of aromatic carboxylic acids is 1. The Morgan fingerprint density at radius 2 is 2.05 bits per heavy atom. The van der Waals surface area contributed by atoms with E-state index in [0.29, 0.717) is 11.5 Å². The molecule has 0 aliphatic carbocycles. The van der Waals surface area contributed by atoms with Crippen LogP contribution >= 0.6 is 15.9 Å². The van der Waals surface area contributed by atoms with E-state index in [1.165, 1.54) is 6.07 Å². The van der Waals surface area contributed by atoms with Gasteiger partial charge in [-0.2, -0.15) is 0 Å². The van der Waals surface area contributed by atoms with Crippen LogP contribution in [0.15, 0.2) is 40.9 Å². The number of hydrogen-bond donors (Lipinski definition) is 1. The van der Waals surface area contributed by atoms with Crippen molar-refractivity contribution in [1.82, 2.24) is 0 Å². The van der Waals surface area contributed by atoms with Crippen molar-refractivity contribution < 1.29 is 19.4 Å². The van der Waals surface area contributed by atoms with E-state index in [2.05, 4.69) is 15.9 Å². The second-order valence-electron chi connectivity index (χ2n) is 4.50. The first-order chi connectivity index (χ1) is 10.0. The topological polar surface area (TPSA) is 55.8 Å². The normalized spacial score (nSPS) is 10.2. The molecular formula is C16H15BrO4. The third-order valence-electron chi connectivity index (χ3n) is 3.06. The number of rotatable bonds is 5. The van der Waals surface area contributed by atoms with E-state index < -0.39 is 5.97 Å². The van der Waals surface area contributed by atoms with Gasteiger partial charge in [-0.1, -0.05) is 28.1 Å². The van der Waals surface area contributed by atoms with Gasteiger partial charge in [0.15, 0.2) is 0 Å². The van der Waals surface area contributed by atoms with Gasteiger partial charge in [0.1, 0.15) is 23.7 Å². The molecule has 4 nitrogen and oxygen atoms in total. The summed E-state index contributed by atoms with van der Waals surface area (Å²) in [6.45, 7) is 2.05. The van der Waals surface area contributed by atoms with Crippen molar-refractivity contribution in [2.24, 2.45) is 0 Å². The van der Waals surface area contributed by atoms with Crippen LogP contribution in [0.3, 0.4) is 0 Å². The van der Waals surface area contributed by atoms with Crippen LogP contribution in [0.2, 0.25) is 0 Å². The molecule has 0 spiro atoms. The summed E-state index contributed by atoms with van der Waals surface area (Å²) >= 11 is 3.40. The number of carbonyl (C=O) groups is 1. The van der Waals surface area contributed by atoms with Crippen molar-refractivity contribution >= 4 is 21.9 Å². The number of methoxy groups -OCH3 is 1.